The van der Waals surface area contributed by atoms with E-state index in [2.05, 4.69) is 0 Å². The number of hydrogen-bond acceptors (Lipinski definition) is 4. The number of hydrogen-bond donors (Lipinski definition) is 0. The average Bonchev–Trinajstić information content (AvgIpc) is 2.74. The molecule has 1 aliphatic rings. The van der Waals surface area contributed by atoms with Crippen LogP contribution in [-0.4, -0.2) is 35.7 Å². The summed E-state index contributed by atoms with van der Waals surface area (Å²) in [5, 5.41) is 0. The van der Waals surface area contributed by atoms with Crippen LogP contribution in [0.5, 0.6) is 0 Å². The second-order valence-electron chi connectivity index (χ2n) is 7.06. The Morgan fingerprint density at radius 2 is 1.57 bits per heavy atom. The van der Waals surface area contributed by atoms with Crippen LogP contribution in [-0.2, 0) is 27.3 Å². The summed E-state index contributed by atoms with van der Waals surface area (Å²) in [5.41, 5.74) is 0.889. The molecule has 1 unspecified atom stereocenters. The first kappa shape index (κ1) is 19.9. The summed E-state index contributed by atoms with van der Waals surface area (Å²) in [6.07, 6.45) is 2.24. The van der Waals surface area contributed by atoms with Crippen molar-refractivity contribution >= 4 is 12.1 Å². The van der Waals surface area contributed by atoms with Crippen molar-refractivity contribution in [3.05, 3.63) is 71.8 Å². The van der Waals surface area contributed by atoms with Crippen molar-refractivity contribution < 1.29 is 19.1 Å². The van der Waals surface area contributed by atoms with Crippen molar-refractivity contribution in [1.82, 2.24) is 4.90 Å². The lowest BCUT2D eigenvalue weighted by Gasteiger charge is -2.44. The summed E-state index contributed by atoms with van der Waals surface area (Å²) < 4.78 is 11.0. The number of likely N-dealkylation sites (tertiary alicyclic amines) is 1. The lowest BCUT2D eigenvalue weighted by Crippen LogP contribution is -2.61. The Morgan fingerprint density at radius 3 is 2.21 bits per heavy atom. The molecule has 5 nitrogen and oxygen atoms in total. The van der Waals surface area contributed by atoms with E-state index in [-0.39, 0.29) is 19.2 Å². The molecule has 1 atom stereocenters. The van der Waals surface area contributed by atoms with Crippen LogP contribution in [0, 0.1) is 0 Å². The van der Waals surface area contributed by atoms with Crippen LogP contribution in [0.3, 0.4) is 0 Å². The first-order valence-corrected chi connectivity index (χ1v) is 9.85. The minimum Gasteiger partial charge on any atom is -0.464 e. The molecule has 5 heteroatoms. The van der Waals surface area contributed by atoms with Gasteiger partial charge < -0.3 is 9.47 Å². The van der Waals surface area contributed by atoms with Crippen molar-refractivity contribution in [2.45, 2.75) is 44.8 Å². The summed E-state index contributed by atoms with van der Waals surface area (Å²) in [6, 6.07) is 19.3. The number of rotatable bonds is 6. The third kappa shape index (κ3) is 4.53. The minimum absolute atomic E-state index is 0.181. The van der Waals surface area contributed by atoms with Crippen LogP contribution in [0.15, 0.2) is 60.7 Å². The van der Waals surface area contributed by atoms with E-state index in [1.807, 2.05) is 60.7 Å². The molecule has 1 amide bonds. The molecule has 0 aliphatic carbocycles. The Balaban J connectivity index is 1.84. The molecule has 0 N–H and O–H groups in total. The van der Waals surface area contributed by atoms with Gasteiger partial charge in [-0.15, -0.1) is 0 Å². The maximum absolute atomic E-state index is 13.0. The Kier molecular flexibility index (Phi) is 6.69. The van der Waals surface area contributed by atoms with Gasteiger partial charge in [0.1, 0.15) is 12.1 Å². The molecule has 28 heavy (non-hydrogen) atoms. The van der Waals surface area contributed by atoms with Crippen molar-refractivity contribution in [2.75, 3.05) is 13.2 Å². The summed E-state index contributed by atoms with van der Waals surface area (Å²) in [7, 11) is 0. The Morgan fingerprint density at radius 1 is 0.929 bits per heavy atom. The fourth-order valence-corrected chi connectivity index (χ4v) is 3.77. The smallest absolute Gasteiger partial charge is 0.411 e. The quantitative estimate of drug-likeness (QED) is 0.698. The van der Waals surface area contributed by atoms with E-state index >= 15 is 0 Å². The number of carbonyl (C=O) groups is 2. The minimum atomic E-state index is -1.02. The summed E-state index contributed by atoms with van der Waals surface area (Å²) in [6.45, 7) is 2.73. The van der Waals surface area contributed by atoms with Crippen LogP contribution >= 0.6 is 0 Å². The summed E-state index contributed by atoms with van der Waals surface area (Å²) in [4.78, 5) is 27.6. The van der Waals surface area contributed by atoms with E-state index in [4.69, 9.17) is 9.47 Å². The normalized spacial score (nSPS) is 19.1. The van der Waals surface area contributed by atoms with E-state index in [1.54, 1.807) is 11.8 Å². The van der Waals surface area contributed by atoms with Crippen LogP contribution in [0.4, 0.5) is 4.79 Å². The van der Waals surface area contributed by atoms with Gasteiger partial charge in [0.25, 0.3) is 0 Å². The van der Waals surface area contributed by atoms with E-state index in [0.29, 0.717) is 19.4 Å². The predicted molar refractivity (Wildman–Crippen MR) is 107 cm³/mol. The molecule has 1 aliphatic heterocycles. The van der Waals surface area contributed by atoms with E-state index in [0.717, 1.165) is 24.0 Å². The second kappa shape index (κ2) is 9.40. The first-order valence-electron chi connectivity index (χ1n) is 9.85. The number of esters is 1. The zero-order valence-electron chi connectivity index (χ0n) is 16.3. The van der Waals surface area contributed by atoms with Crippen LogP contribution in [0.2, 0.25) is 0 Å². The van der Waals surface area contributed by atoms with Crippen molar-refractivity contribution in [1.29, 1.82) is 0 Å². The van der Waals surface area contributed by atoms with Crippen molar-refractivity contribution in [3.63, 3.8) is 0 Å². The lowest BCUT2D eigenvalue weighted by molar-refractivity contribution is -0.159. The molecule has 0 bridgehead atoms. The fourth-order valence-electron chi connectivity index (χ4n) is 3.77. The topological polar surface area (TPSA) is 55.8 Å². The van der Waals surface area contributed by atoms with E-state index in [9.17, 15) is 9.59 Å². The van der Waals surface area contributed by atoms with Crippen LogP contribution in [0.25, 0.3) is 0 Å². The molecule has 2 aromatic carbocycles. The highest BCUT2D eigenvalue weighted by molar-refractivity contribution is 5.86. The third-order valence-corrected chi connectivity index (χ3v) is 5.16. The first-order chi connectivity index (χ1) is 13.7. The van der Waals surface area contributed by atoms with Gasteiger partial charge >= 0.3 is 12.1 Å². The molecule has 1 heterocycles. The molecule has 0 aromatic heterocycles. The van der Waals surface area contributed by atoms with Crippen LogP contribution < -0.4 is 0 Å². The monoisotopic (exact) mass is 381 g/mol. The molecule has 0 spiro atoms. The second-order valence-corrected chi connectivity index (χ2v) is 7.06. The zero-order chi connectivity index (χ0) is 19.8. The van der Waals surface area contributed by atoms with Gasteiger partial charge in [-0.1, -0.05) is 60.7 Å². The predicted octanol–water partition coefficient (Wildman–Crippen LogP) is 4.35. The van der Waals surface area contributed by atoms with Gasteiger partial charge in [-0.3, -0.25) is 4.90 Å². The Labute approximate surface area is 166 Å². The molecule has 1 saturated heterocycles. The zero-order valence-corrected chi connectivity index (χ0v) is 16.3. The van der Waals surface area contributed by atoms with Gasteiger partial charge in [-0.25, -0.2) is 9.59 Å². The molecule has 3 rings (SSSR count). The molecule has 1 fully saturated rings. The molecule has 148 valence electrons. The van der Waals surface area contributed by atoms with Gasteiger partial charge in [-0.2, -0.15) is 0 Å². The van der Waals surface area contributed by atoms with Gasteiger partial charge in [0.05, 0.1) is 6.61 Å². The van der Waals surface area contributed by atoms with Gasteiger partial charge in [0.2, 0.25) is 0 Å². The lowest BCUT2D eigenvalue weighted by atomic mass is 9.81. The molecular weight excluding hydrogens is 354 g/mol. The number of benzene rings is 2. The van der Waals surface area contributed by atoms with Gasteiger partial charge in [0.15, 0.2) is 0 Å². The highest BCUT2D eigenvalue weighted by Gasteiger charge is 2.49. The number of ether oxygens (including phenoxy) is 2. The molecule has 2 aromatic rings. The van der Waals surface area contributed by atoms with Gasteiger partial charge in [-0.05, 0) is 37.3 Å². The number of piperidine rings is 1. The molecule has 0 radical (unpaired) electrons. The van der Waals surface area contributed by atoms with E-state index < -0.39 is 11.6 Å². The van der Waals surface area contributed by atoms with Crippen molar-refractivity contribution in [3.8, 4) is 0 Å². The maximum atomic E-state index is 13.0. The highest BCUT2D eigenvalue weighted by Crippen LogP contribution is 2.34. The number of carbonyl (C=O) groups excluding carboxylic acids is 2. The van der Waals surface area contributed by atoms with Crippen molar-refractivity contribution in [2.24, 2.45) is 0 Å². The third-order valence-electron chi connectivity index (χ3n) is 5.16. The highest BCUT2D eigenvalue weighted by atomic mass is 16.6. The maximum Gasteiger partial charge on any atom is 0.411 e. The summed E-state index contributed by atoms with van der Waals surface area (Å²) in [5.74, 6) is -0.352. The largest absolute Gasteiger partial charge is 0.464 e. The Bertz CT molecular complexity index is 778. The molecule has 0 saturated carbocycles. The standard InChI is InChI=1S/C23H27NO4/c1-2-27-21(25)23(17-19-11-5-3-6-12-19)15-9-10-16-24(23)22(26)28-18-20-13-7-4-8-14-20/h3-8,11-14H,2,9-10,15-18H2,1H3. The number of amides is 1. The summed E-state index contributed by atoms with van der Waals surface area (Å²) >= 11 is 0. The fraction of sp³-hybridized carbons (Fsp3) is 0.391. The number of nitrogens with zero attached hydrogens (tertiary/aromatic N) is 1. The van der Waals surface area contributed by atoms with E-state index in [1.165, 1.54) is 0 Å². The SMILES string of the molecule is CCOC(=O)C1(Cc2ccccc2)CCCCN1C(=O)OCc1ccccc1. The molecular formula is C23H27NO4. The van der Waals surface area contributed by atoms with Gasteiger partial charge in [0, 0.05) is 13.0 Å². The average molecular weight is 381 g/mol. The Hall–Kier alpha value is -2.82. The van der Waals surface area contributed by atoms with Crippen LogP contribution in [0.1, 0.15) is 37.3 Å².